The molecule has 0 aromatic carbocycles. The number of aromatic nitrogens is 1. The molecule has 2 aliphatic heterocycles. The summed E-state index contributed by atoms with van der Waals surface area (Å²) in [5.74, 6) is 1.08. The fourth-order valence-corrected chi connectivity index (χ4v) is 3.14. The van der Waals surface area contributed by atoms with Crippen LogP contribution in [0.25, 0.3) is 0 Å². The van der Waals surface area contributed by atoms with Crippen molar-refractivity contribution in [3.63, 3.8) is 0 Å². The highest BCUT2D eigenvalue weighted by atomic mass is 16.5. The fraction of sp³-hybridized carbons (Fsp3) is 0.688. The minimum Gasteiger partial charge on any atom is -0.375 e. The Labute approximate surface area is 121 Å². The number of nitrogens with zero attached hydrogens (tertiary/aromatic N) is 3. The number of piperidine rings is 1. The molecular formula is C16H25N3O. The van der Waals surface area contributed by atoms with E-state index in [1.54, 1.807) is 0 Å². The lowest BCUT2D eigenvalue weighted by atomic mass is 10.1. The standard InChI is InChI=1S/C16H25N3O/c1-4-9-18(10-5-1)12-13-20-15-7-11-19(14-15)16-6-2-3-8-17-16/h2-3,6,8,15H,1,4-5,7,9-14H2/t15-/m1/s1. The monoisotopic (exact) mass is 275 g/mol. The summed E-state index contributed by atoms with van der Waals surface area (Å²) in [6, 6.07) is 6.09. The Bertz CT molecular complexity index is 392. The van der Waals surface area contributed by atoms with E-state index in [0.717, 1.165) is 38.5 Å². The Morgan fingerprint density at radius 3 is 2.85 bits per heavy atom. The quantitative estimate of drug-likeness (QED) is 0.823. The van der Waals surface area contributed by atoms with Crippen molar-refractivity contribution in [3.8, 4) is 0 Å². The molecular weight excluding hydrogens is 250 g/mol. The molecule has 0 N–H and O–H groups in total. The number of pyridine rings is 1. The summed E-state index contributed by atoms with van der Waals surface area (Å²) in [6.07, 6.45) is 7.48. The molecule has 2 fully saturated rings. The maximum absolute atomic E-state index is 6.05. The molecule has 2 aliphatic rings. The van der Waals surface area contributed by atoms with Gasteiger partial charge in [-0.3, -0.25) is 0 Å². The van der Waals surface area contributed by atoms with Crippen LogP contribution in [0.15, 0.2) is 24.4 Å². The Balaban J connectivity index is 1.37. The van der Waals surface area contributed by atoms with Crippen LogP contribution in [0.2, 0.25) is 0 Å². The lowest BCUT2D eigenvalue weighted by Crippen LogP contribution is -2.34. The third-order valence-corrected chi connectivity index (χ3v) is 4.33. The third kappa shape index (κ3) is 3.70. The Morgan fingerprint density at radius 1 is 1.15 bits per heavy atom. The van der Waals surface area contributed by atoms with Crippen LogP contribution in [0.1, 0.15) is 25.7 Å². The second-order valence-corrected chi connectivity index (χ2v) is 5.82. The van der Waals surface area contributed by atoms with Crippen LogP contribution in [0.5, 0.6) is 0 Å². The molecule has 110 valence electrons. The molecule has 0 aliphatic carbocycles. The second kappa shape index (κ2) is 7.04. The van der Waals surface area contributed by atoms with Crippen LogP contribution in [0.3, 0.4) is 0 Å². The second-order valence-electron chi connectivity index (χ2n) is 5.82. The van der Waals surface area contributed by atoms with Crippen molar-refractivity contribution < 1.29 is 4.74 Å². The van der Waals surface area contributed by atoms with E-state index in [2.05, 4.69) is 20.9 Å². The molecule has 0 bridgehead atoms. The molecule has 4 heteroatoms. The van der Waals surface area contributed by atoms with Gasteiger partial charge >= 0.3 is 0 Å². The average Bonchev–Trinajstić information content (AvgIpc) is 2.98. The first kappa shape index (κ1) is 13.8. The summed E-state index contributed by atoms with van der Waals surface area (Å²) in [5.41, 5.74) is 0. The van der Waals surface area contributed by atoms with E-state index in [9.17, 15) is 0 Å². The summed E-state index contributed by atoms with van der Waals surface area (Å²) >= 11 is 0. The van der Waals surface area contributed by atoms with E-state index in [1.807, 2.05) is 18.3 Å². The summed E-state index contributed by atoms with van der Waals surface area (Å²) in [4.78, 5) is 9.27. The van der Waals surface area contributed by atoms with E-state index in [0.29, 0.717) is 6.10 Å². The first-order chi connectivity index (χ1) is 9.92. The topological polar surface area (TPSA) is 28.6 Å². The lowest BCUT2D eigenvalue weighted by Gasteiger charge is -2.26. The van der Waals surface area contributed by atoms with Gasteiger partial charge in [0.05, 0.1) is 12.7 Å². The summed E-state index contributed by atoms with van der Waals surface area (Å²) in [6.45, 7) is 6.53. The summed E-state index contributed by atoms with van der Waals surface area (Å²) < 4.78 is 6.05. The predicted octanol–water partition coefficient (Wildman–Crippen LogP) is 2.16. The zero-order chi connectivity index (χ0) is 13.6. The van der Waals surface area contributed by atoms with Crippen LogP contribution in [0, 0.1) is 0 Å². The molecule has 1 atom stereocenters. The van der Waals surface area contributed by atoms with E-state index in [-0.39, 0.29) is 0 Å². The van der Waals surface area contributed by atoms with Gasteiger partial charge in [0.25, 0.3) is 0 Å². The van der Waals surface area contributed by atoms with Crippen LogP contribution in [0.4, 0.5) is 5.82 Å². The van der Waals surface area contributed by atoms with Gasteiger partial charge in [0, 0.05) is 25.8 Å². The normalized spacial score (nSPS) is 24.2. The molecule has 0 amide bonds. The zero-order valence-electron chi connectivity index (χ0n) is 12.2. The van der Waals surface area contributed by atoms with Gasteiger partial charge in [0.15, 0.2) is 0 Å². The highest BCUT2D eigenvalue weighted by molar-refractivity contribution is 5.39. The number of rotatable bonds is 5. The number of hydrogen-bond acceptors (Lipinski definition) is 4. The van der Waals surface area contributed by atoms with E-state index < -0.39 is 0 Å². The van der Waals surface area contributed by atoms with Crippen molar-refractivity contribution in [2.45, 2.75) is 31.8 Å². The fourth-order valence-electron chi connectivity index (χ4n) is 3.14. The summed E-state index contributed by atoms with van der Waals surface area (Å²) in [7, 11) is 0. The van der Waals surface area contributed by atoms with Crippen LogP contribution in [-0.4, -0.2) is 55.3 Å². The molecule has 0 unspecified atom stereocenters. The van der Waals surface area contributed by atoms with Crippen LogP contribution < -0.4 is 4.90 Å². The maximum Gasteiger partial charge on any atom is 0.128 e. The van der Waals surface area contributed by atoms with Gasteiger partial charge in [-0.15, -0.1) is 0 Å². The average molecular weight is 275 g/mol. The number of hydrogen-bond donors (Lipinski definition) is 0. The van der Waals surface area contributed by atoms with Crippen LogP contribution in [-0.2, 0) is 4.74 Å². The highest BCUT2D eigenvalue weighted by Gasteiger charge is 2.24. The van der Waals surface area contributed by atoms with Crippen molar-refractivity contribution in [2.75, 3.05) is 44.2 Å². The van der Waals surface area contributed by atoms with Gasteiger partial charge in [-0.25, -0.2) is 4.98 Å². The molecule has 1 aromatic rings. The molecule has 1 aromatic heterocycles. The molecule has 20 heavy (non-hydrogen) atoms. The third-order valence-electron chi connectivity index (χ3n) is 4.33. The largest absolute Gasteiger partial charge is 0.375 e. The Kier molecular flexibility index (Phi) is 4.87. The molecule has 4 nitrogen and oxygen atoms in total. The van der Waals surface area contributed by atoms with Gasteiger partial charge in [-0.2, -0.15) is 0 Å². The van der Waals surface area contributed by atoms with Crippen molar-refractivity contribution in [2.24, 2.45) is 0 Å². The highest BCUT2D eigenvalue weighted by Crippen LogP contribution is 2.19. The zero-order valence-corrected chi connectivity index (χ0v) is 12.2. The lowest BCUT2D eigenvalue weighted by molar-refractivity contribution is 0.0467. The van der Waals surface area contributed by atoms with Gasteiger partial charge in [0.2, 0.25) is 0 Å². The molecule has 2 saturated heterocycles. The molecule has 0 saturated carbocycles. The van der Waals surface area contributed by atoms with E-state index >= 15 is 0 Å². The first-order valence-electron chi connectivity index (χ1n) is 7.92. The number of ether oxygens (including phenoxy) is 1. The minimum atomic E-state index is 0.377. The molecule has 0 radical (unpaired) electrons. The van der Waals surface area contributed by atoms with Crippen molar-refractivity contribution in [3.05, 3.63) is 24.4 Å². The van der Waals surface area contributed by atoms with Crippen molar-refractivity contribution in [1.29, 1.82) is 0 Å². The minimum absolute atomic E-state index is 0.377. The predicted molar refractivity (Wildman–Crippen MR) is 81.1 cm³/mol. The number of anilines is 1. The first-order valence-corrected chi connectivity index (χ1v) is 7.92. The summed E-state index contributed by atoms with van der Waals surface area (Å²) in [5, 5.41) is 0. The van der Waals surface area contributed by atoms with Crippen molar-refractivity contribution in [1.82, 2.24) is 9.88 Å². The van der Waals surface area contributed by atoms with Gasteiger partial charge < -0.3 is 14.5 Å². The smallest absolute Gasteiger partial charge is 0.128 e. The van der Waals surface area contributed by atoms with Crippen LogP contribution >= 0.6 is 0 Å². The molecule has 0 spiro atoms. The van der Waals surface area contributed by atoms with Gasteiger partial charge in [0.1, 0.15) is 5.82 Å². The van der Waals surface area contributed by atoms with Gasteiger partial charge in [-0.05, 0) is 44.5 Å². The van der Waals surface area contributed by atoms with E-state index in [4.69, 9.17) is 4.74 Å². The Hall–Kier alpha value is -1.13. The van der Waals surface area contributed by atoms with Gasteiger partial charge in [-0.1, -0.05) is 12.5 Å². The number of likely N-dealkylation sites (tertiary alicyclic amines) is 1. The van der Waals surface area contributed by atoms with E-state index in [1.165, 1.54) is 32.4 Å². The Morgan fingerprint density at radius 2 is 2.05 bits per heavy atom. The SMILES string of the molecule is c1ccc(N2CC[C@@H](OCCN3CCCCC3)C2)nc1. The maximum atomic E-state index is 6.05. The molecule has 3 heterocycles. The van der Waals surface area contributed by atoms with Crippen molar-refractivity contribution >= 4 is 5.82 Å². The molecule has 3 rings (SSSR count).